The molecule has 1 unspecified atom stereocenters. The monoisotopic (exact) mass is 288 g/mol. The molecular formula is C13H11ClF2OS. The molecule has 1 nitrogen and oxygen atoms in total. The smallest absolute Gasteiger partial charge is 0.126 e. The molecule has 2 aromatic rings. The Balaban J connectivity index is 2.23. The molecule has 1 aromatic heterocycles. The van der Waals surface area contributed by atoms with Gasteiger partial charge >= 0.3 is 0 Å². The van der Waals surface area contributed by atoms with E-state index in [1.165, 1.54) is 11.3 Å². The zero-order valence-corrected chi connectivity index (χ0v) is 11.2. The average Bonchev–Trinajstić information content (AvgIpc) is 2.65. The molecule has 0 amide bonds. The number of thiophene rings is 1. The van der Waals surface area contributed by atoms with Gasteiger partial charge in [-0.1, -0.05) is 11.6 Å². The Labute approximate surface area is 113 Å². The van der Waals surface area contributed by atoms with E-state index in [0.29, 0.717) is 9.90 Å². The summed E-state index contributed by atoms with van der Waals surface area (Å²) >= 11 is 7.34. The van der Waals surface area contributed by atoms with Gasteiger partial charge in [-0.3, -0.25) is 0 Å². The van der Waals surface area contributed by atoms with Crippen LogP contribution in [0.15, 0.2) is 23.6 Å². The molecule has 5 heteroatoms. The van der Waals surface area contributed by atoms with Crippen LogP contribution in [0.2, 0.25) is 5.02 Å². The van der Waals surface area contributed by atoms with Crippen LogP contribution in [0.4, 0.5) is 8.78 Å². The Morgan fingerprint density at radius 2 is 2.11 bits per heavy atom. The molecule has 96 valence electrons. The summed E-state index contributed by atoms with van der Waals surface area (Å²) in [6, 6.07) is 3.19. The molecule has 0 aliphatic rings. The van der Waals surface area contributed by atoms with Gasteiger partial charge in [0.15, 0.2) is 0 Å². The van der Waals surface area contributed by atoms with Gasteiger partial charge in [0.25, 0.3) is 0 Å². The van der Waals surface area contributed by atoms with Gasteiger partial charge in [-0.2, -0.15) is 0 Å². The summed E-state index contributed by atoms with van der Waals surface area (Å²) in [5, 5.41) is 12.3. The number of rotatable bonds is 3. The molecule has 1 aromatic carbocycles. The Hall–Kier alpha value is -0.970. The summed E-state index contributed by atoms with van der Waals surface area (Å²) in [4.78, 5) is 0.581. The molecule has 0 saturated heterocycles. The number of aryl methyl sites for hydroxylation is 1. The van der Waals surface area contributed by atoms with Crippen molar-refractivity contribution in [3.8, 4) is 0 Å². The highest BCUT2D eigenvalue weighted by Crippen LogP contribution is 2.34. The van der Waals surface area contributed by atoms with E-state index in [0.717, 1.165) is 23.8 Å². The fourth-order valence-corrected chi connectivity index (χ4v) is 2.98. The van der Waals surface area contributed by atoms with Gasteiger partial charge in [0.1, 0.15) is 11.6 Å². The van der Waals surface area contributed by atoms with Crippen molar-refractivity contribution in [1.29, 1.82) is 0 Å². The van der Waals surface area contributed by atoms with Gasteiger partial charge in [-0.05, 0) is 41.6 Å². The highest BCUT2D eigenvalue weighted by molar-refractivity contribution is 7.10. The lowest BCUT2D eigenvalue weighted by molar-refractivity contribution is 0.181. The van der Waals surface area contributed by atoms with Gasteiger partial charge < -0.3 is 5.11 Å². The van der Waals surface area contributed by atoms with Crippen LogP contribution in [0.3, 0.4) is 0 Å². The molecule has 1 N–H and O–H groups in total. The van der Waals surface area contributed by atoms with Crippen LogP contribution in [0.25, 0.3) is 0 Å². The normalized spacial score (nSPS) is 12.7. The third-order valence-corrected chi connectivity index (χ3v) is 4.46. The minimum atomic E-state index is -0.924. The summed E-state index contributed by atoms with van der Waals surface area (Å²) in [7, 11) is 0. The molecule has 0 saturated carbocycles. The molecule has 1 atom stereocenters. The van der Waals surface area contributed by atoms with Gasteiger partial charge in [-0.15, -0.1) is 11.3 Å². The van der Waals surface area contributed by atoms with Gasteiger partial charge in [0.2, 0.25) is 0 Å². The van der Waals surface area contributed by atoms with Gasteiger partial charge in [0.05, 0.1) is 16.0 Å². The van der Waals surface area contributed by atoms with E-state index in [9.17, 15) is 13.9 Å². The summed E-state index contributed by atoms with van der Waals surface area (Å²) < 4.78 is 26.5. The first-order valence-electron chi connectivity index (χ1n) is 5.34. The lowest BCUT2D eigenvalue weighted by Crippen LogP contribution is -2.03. The van der Waals surface area contributed by atoms with Gasteiger partial charge in [0, 0.05) is 6.42 Å². The maximum atomic E-state index is 13.4. The summed E-state index contributed by atoms with van der Waals surface area (Å²) in [5.74, 6) is -1.05. The zero-order chi connectivity index (χ0) is 13.3. The summed E-state index contributed by atoms with van der Waals surface area (Å²) in [5.41, 5.74) is 1.01. The number of aliphatic hydroxyl groups is 1. The van der Waals surface area contributed by atoms with Crippen molar-refractivity contribution in [3.63, 3.8) is 0 Å². The summed E-state index contributed by atoms with van der Waals surface area (Å²) in [6.45, 7) is 1.83. The fraction of sp³-hybridized carbons (Fsp3) is 0.231. The van der Waals surface area contributed by atoms with E-state index in [-0.39, 0.29) is 12.0 Å². The maximum Gasteiger partial charge on any atom is 0.126 e. The second-order valence-electron chi connectivity index (χ2n) is 4.05. The van der Waals surface area contributed by atoms with E-state index in [2.05, 4.69) is 0 Å². The second kappa shape index (κ2) is 5.34. The van der Waals surface area contributed by atoms with Gasteiger partial charge in [-0.25, -0.2) is 8.78 Å². The standard InChI is InChI=1S/C13H11ClF2OS/c1-7-6-18-13(12(7)14)11(17)5-8-4-9(15)2-3-10(8)16/h2-4,6,11,17H,5H2,1H3. The predicted octanol–water partition coefficient (Wildman–Crippen LogP) is 4.26. The second-order valence-corrected chi connectivity index (χ2v) is 5.34. The minimum Gasteiger partial charge on any atom is -0.387 e. The Kier molecular flexibility index (Phi) is 4.00. The van der Waals surface area contributed by atoms with E-state index in [1.54, 1.807) is 0 Å². The molecule has 0 aliphatic heterocycles. The van der Waals surface area contributed by atoms with Crippen molar-refractivity contribution in [3.05, 3.63) is 56.2 Å². The maximum absolute atomic E-state index is 13.4. The van der Waals surface area contributed by atoms with Crippen molar-refractivity contribution >= 4 is 22.9 Å². The first-order valence-corrected chi connectivity index (χ1v) is 6.60. The van der Waals surface area contributed by atoms with Crippen LogP contribution in [-0.4, -0.2) is 5.11 Å². The summed E-state index contributed by atoms with van der Waals surface area (Å²) in [6.07, 6.45) is -0.920. The first kappa shape index (κ1) is 13.5. The van der Waals surface area contributed by atoms with Crippen LogP contribution in [-0.2, 0) is 6.42 Å². The van der Waals surface area contributed by atoms with Crippen LogP contribution in [0, 0.1) is 18.6 Å². The molecule has 0 bridgehead atoms. The van der Waals surface area contributed by atoms with Crippen molar-refractivity contribution < 1.29 is 13.9 Å². The molecule has 18 heavy (non-hydrogen) atoms. The van der Waals surface area contributed by atoms with Crippen molar-refractivity contribution in [2.24, 2.45) is 0 Å². The quantitative estimate of drug-likeness (QED) is 0.894. The molecule has 0 fully saturated rings. The highest BCUT2D eigenvalue weighted by atomic mass is 35.5. The first-order chi connectivity index (χ1) is 8.49. The van der Waals surface area contributed by atoms with Crippen LogP contribution in [0.1, 0.15) is 22.1 Å². The van der Waals surface area contributed by atoms with E-state index >= 15 is 0 Å². The average molecular weight is 289 g/mol. The van der Waals surface area contributed by atoms with Crippen molar-refractivity contribution in [2.75, 3.05) is 0 Å². The SMILES string of the molecule is Cc1csc(C(O)Cc2cc(F)ccc2F)c1Cl. The predicted molar refractivity (Wildman–Crippen MR) is 69.1 cm³/mol. The Morgan fingerprint density at radius 1 is 1.39 bits per heavy atom. The minimum absolute atomic E-state index is 0.00324. The Morgan fingerprint density at radius 3 is 2.72 bits per heavy atom. The molecule has 0 radical (unpaired) electrons. The van der Waals surface area contributed by atoms with Crippen molar-refractivity contribution in [1.82, 2.24) is 0 Å². The number of benzene rings is 1. The molecule has 0 aliphatic carbocycles. The lowest BCUT2D eigenvalue weighted by Gasteiger charge is -2.10. The van der Waals surface area contributed by atoms with E-state index in [1.807, 2.05) is 12.3 Å². The fourth-order valence-electron chi connectivity index (χ4n) is 1.68. The third kappa shape index (κ3) is 2.71. The third-order valence-electron chi connectivity index (χ3n) is 2.65. The van der Waals surface area contributed by atoms with E-state index < -0.39 is 17.7 Å². The largest absolute Gasteiger partial charge is 0.387 e. The van der Waals surface area contributed by atoms with Crippen LogP contribution in [0.5, 0.6) is 0 Å². The van der Waals surface area contributed by atoms with E-state index in [4.69, 9.17) is 11.6 Å². The number of hydrogen-bond donors (Lipinski definition) is 1. The number of aliphatic hydroxyl groups excluding tert-OH is 1. The molecule has 1 heterocycles. The van der Waals surface area contributed by atoms with Crippen LogP contribution < -0.4 is 0 Å². The molecule has 2 rings (SSSR count). The number of halogens is 3. The van der Waals surface area contributed by atoms with Crippen LogP contribution >= 0.6 is 22.9 Å². The van der Waals surface area contributed by atoms with Crippen molar-refractivity contribution in [2.45, 2.75) is 19.4 Å². The molecule has 0 spiro atoms. The topological polar surface area (TPSA) is 20.2 Å². The highest BCUT2D eigenvalue weighted by Gasteiger charge is 2.18. The Bertz CT molecular complexity index is 568. The lowest BCUT2D eigenvalue weighted by atomic mass is 10.1. The zero-order valence-electron chi connectivity index (χ0n) is 9.58. The molecular weight excluding hydrogens is 278 g/mol. The number of hydrogen-bond acceptors (Lipinski definition) is 2.